The second-order valence-corrected chi connectivity index (χ2v) is 4.87. The number of ether oxygens (including phenoxy) is 1. The molecule has 1 aliphatic heterocycles. The molecule has 14 heavy (non-hydrogen) atoms. The normalized spacial score (nSPS) is 22.9. The monoisotopic (exact) mass is 212 g/mol. The predicted molar refractivity (Wildman–Crippen MR) is 58.3 cm³/mol. The van der Waals surface area contributed by atoms with E-state index in [-0.39, 0.29) is 0 Å². The summed E-state index contributed by atoms with van der Waals surface area (Å²) in [7, 11) is 3.88. The number of nitrogens with zero attached hydrogens (tertiary/aromatic N) is 2. The summed E-state index contributed by atoms with van der Waals surface area (Å²) in [6, 6.07) is 0. The van der Waals surface area contributed by atoms with Gasteiger partial charge in [-0.05, 0) is 26.9 Å². The number of hydrogen-bond donors (Lipinski definition) is 0. The third-order valence-electron chi connectivity index (χ3n) is 2.70. The molecule has 0 bridgehead atoms. The van der Waals surface area contributed by atoms with E-state index in [4.69, 9.17) is 4.74 Å². The van der Waals surface area contributed by atoms with Crippen molar-refractivity contribution in [3.05, 3.63) is 10.7 Å². The van der Waals surface area contributed by atoms with Gasteiger partial charge in [0.15, 0.2) is 5.06 Å². The summed E-state index contributed by atoms with van der Waals surface area (Å²) in [6.07, 6.45) is 1.23. The molecule has 4 heteroatoms. The van der Waals surface area contributed by atoms with Crippen molar-refractivity contribution in [2.75, 3.05) is 27.2 Å². The van der Waals surface area contributed by atoms with Crippen LogP contribution < -0.4 is 4.74 Å². The second-order valence-electron chi connectivity index (χ2n) is 3.88. The number of rotatable bonds is 2. The Hall–Kier alpha value is -0.610. The Balaban J connectivity index is 2.16. The average molecular weight is 212 g/mol. The highest BCUT2D eigenvalue weighted by Gasteiger charge is 2.24. The first-order valence-electron chi connectivity index (χ1n) is 4.90. The van der Waals surface area contributed by atoms with Crippen molar-refractivity contribution >= 4 is 11.3 Å². The summed E-state index contributed by atoms with van der Waals surface area (Å²) in [4.78, 5) is 6.92. The van der Waals surface area contributed by atoms with Crippen LogP contribution in [-0.2, 0) is 0 Å². The average Bonchev–Trinajstić information content (AvgIpc) is 2.71. The summed E-state index contributed by atoms with van der Waals surface area (Å²) in [5, 5.41) is 2.21. The van der Waals surface area contributed by atoms with Gasteiger partial charge in [0.05, 0.1) is 12.8 Å². The number of aromatic nitrogens is 1. The summed E-state index contributed by atoms with van der Waals surface area (Å²) >= 11 is 1.70. The SMILES string of the molecule is COc1sc(C2CCN(C)C2)nc1C. The van der Waals surface area contributed by atoms with Crippen molar-refractivity contribution in [2.24, 2.45) is 0 Å². The van der Waals surface area contributed by atoms with Crippen LogP contribution in [0.3, 0.4) is 0 Å². The van der Waals surface area contributed by atoms with E-state index < -0.39 is 0 Å². The highest BCUT2D eigenvalue weighted by molar-refractivity contribution is 7.13. The van der Waals surface area contributed by atoms with Gasteiger partial charge in [0.2, 0.25) is 0 Å². The van der Waals surface area contributed by atoms with E-state index in [1.54, 1.807) is 18.4 Å². The summed E-state index contributed by atoms with van der Waals surface area (Å²) < 4.78 is 5.25. The van der Waals surface area contributed by atoms with Gasteiger partial charge in [-0.1, -0.05) is 11.3 Å². The Labute approximate surface area is 88.7 Å². The van der Waals surface area contributed by atoms with E-state index in [1.165, 1.54) is 18.0 Å². The van der Waals surface area contributed by atoms with Crippen molar-refractivity contribution in [1.82, 2.24) is 9.88 Å². The van der Waals surface area contributed by atoms with E-state index in [9.17, 15) is 0 Å². The molecule has 1 unspecified atom stereocenters. The zero-order valence-corrected chi connectivity index (χ0v) is 9.73. The van der Waals surface area contributed by atoms with Crippen LogP contribution in [0.15, 0.2) is 0 Å². The molecule has 0 spiro atoms. The minimum Gasteiger partial charge on any atom is -0.486 e. The highest BCUT2D eigenvalue weighted by Crippen LogP contribution is 2.34. The summed E-state index contributed by atoms with van der Waals surface area (Å²) in [5.41, 5.74) is 1.03. The lowest BCUT2D eigenvalue weighted by atomic mass is 10.1. The molecule has 1 aliphatic rings. The first-order valence-corrected chi connectivity index (χ1v) is 5.72. The van der Waals surface area contributed by atoms with Crippen LogP contribution in [0.4, 0.5) is 0 Å². The van der Waals surface area contributed by atoms with Gasteiger partial charge in [-0.3, -0.25) is 0 Å². The van der Waals surface area contributed by atoms with Gasteiger partial charge in [-0.25, -0.2) is 4.98 Å². The lowest BCUT2D eigenvalue weighted by Gasteiger charge is -2.06. The van der Waals surface area contributed by atoms with Crippen LogP contribution in [0.2, 0.25) is 0 Å². The van der Waals surface area contributed by atoms with Gasteiger partial charge < -0.3 is 9.64 Å². The van der Waals surface area contributed by atoms with E-state index in [1.807, 2.05) is 6.92 Å². The van der Waals surface area contributed by atoms with Gasteiger partial charge in [0.25, 0.3) is 0 Å². The molecule has 0 aliphatic carbocycles. The van der Waals surface area contributed by atoms with E-state index in [0.29, 0.717) is 5.92 Å². The molecule has 0 amide bonds. The Morgan fingerprint density at radius 2 is 2.36 bits per heavy atom. The molecule has 1 aromatic rings. The van der Waals surface area contributed by atoms with Gasteiger partial charge in [-0.2, -0.15) is 0 Å². The number of aryl methyl sites for hydroxylation is 1. The summed E-state index contributed by atoms with van der Waals surface area (Å²) in [6.45, 7) is 4.33. The zero-order chi connectivity index (χ0) is 10.1. The standard InChI is InChI=1S/C10H16N2OS/c1-7-10(13-3)14-9(11-7)8-4-5-12(2)6-8/h8H,4-6H2,1-3H3. The molecule has 2 rings (SSSR count). The molecular weight excluding hydrogens is 196 g/mol. The third-order valence-corrected chi connectivity index (χ3v) is 3.98. The predicted octanol–water partition coefficient (Wildman–Crippen LogP) is 1.88. The molecule has 0 aromatic carbocycles. The Morgan fingerprint density at radius 1 is 1.57 bits per heavy atom. The maximum atomic E-state index is 5.25. The molecule has 0 N–H and O–H groups in total. The summed E-state index contributed by atoms with van der Waals surface area (Å²) in [5.74, 6) is 0.618. The van der Waals surface area contributed by atoms with Crippen LogP contribution in [0, 0.1) is 6.92 Å². The number of likely N-dealkylation sites (N-methyl/N-ethyl adjacent to an activating group) is 1. The topological polar surface area (TPSA) is 25.4 Å². The number of thiazole rings is 1. The molecule has 2 heterocycles. The van der Waals surface area contributed by atoms with Gasteiger partial charge in [0.1, 0.15) is 5.01 Å². The molecular formula is C10H16N2OS. The number of hydrogen-bond acceptors (Lipinski definition) is 4. The third kappa shape index (κ3) is 1.77. The molecule has 0 radical (unpaired) electrons. The van der Waals surface area contributed by atoms with Crippen LogP contribution in [0.5, 0.6) is 5.06 Å². The lowest BCUT2D eigenvalue weighted by Crippen LogP contribution is -2.13. The van der Waals surface area contributed by atoms with Crippen molar-refractivity contribution in [2.45, 2.75) is 19.3 Å². The minimum atomic E-state index is 0.618. The molecule has 0 saturated carbocycles. The van der Waals surface area contributed by atoms with Gasteiger partial charge in [-0.15, -0.1) is 0 Å². The smallest absolute Gasteiger partial charge is 0.196 e. The Bertz CT molecular complexity index is 324. The van der Waals surface area contributed by atoms with Crippen molar-refractivity contribution in [1.29, 1.82) is 0 Å². The molecule has 1 fully saturated rings. The van der Waals surface area contributed by atoms with Crippen molar-refractivity contribution < 1.29 is 4.74 Å². The van der Waals surface area contributed by atoms with Gasteiger partial charge >= 0.3 is 0 Å². The second kappa shape index (κ2) is 3.87. The molecule has 1 aromatic heterocycles. The first-order chi connectivity index (χ1) is 6.70. The van der Waals surface area contributed by atoms with Gasteiger partial charge in [0, 0.05) is 12.5 Å². The molecule has 1 atom stereocenters. The fraction of sp³-hybridized carbons (Fsp3) is 0.700. The van der Waals surface area contributed by atoms with Crippen LogP contribution >= 0.6 is 11.3 Å². The van der Waals surface area contributed by atoms with E-state index in [0.717, 1.165) is 17.3 Å². The van der Waals surface area contributed by atoms with Crippen molar-refractivity contribution in [3.8, 4) is 5.06 Å². The zero-order valence-electron chi connectivity index (χ0n) is 8.91. The molecule has 1 saturated heterocycles. The van der Waals surface area contributed by atoms with Crippen LogP contribution in [0.25, 0.3) is 0 Å². The lowest BCUT2D eigenvalue weighted by molar-refractivity contribution is 0.411. The highest BCUT2D eigenvalue weighted by atomic mass is 32.1. The quantitative estimate of drug-likeness (QED) is 0.748. The largest absolute Gasteiger partial charge is 0.486 e. The van der Waals surface area contributed by atoms with E-state index in [2.05, 4.69) is 16.9 Å². The van der Waals surface area contributed by atoms with E-state index >= 15 is 0 Å². The number of likely N-dealkylation sites (tertiary alicyclic amines) is 1. The maximum absolute atomic E-state index is 5.25. The molecule has 78 valence electrons. The molecule has 3 nitrogen and oxygen atoms in total. The first kappa shape index (κ1) is 9.93. The van der Waals surface area contributed by atoms with Crippen molar-refractivity contribution in [3.63, 3.8) is 0 Å². The Morgan fingerprint density at radius 3 is 2.86 bits per heavy atom. The Kier molecular flexibility index (Phi) is 2.74. The number of methoxy groups -OCH3 is 1. The van der Waals surface area contributed by atoms with Crippen LogP contribution in [0.1, 0.15) is 23.0 Å². The fourth-order valence-electron chi connectivity index (χ4n) is 1.90. The fourth-order valence-corrected chi connectivity index (χ4v) is 2.91. The van der Waals surface area contributed by atoms with Crippen LogP contribution in [-0.4, -0.2) is 37.1 Å². The maximum Gasteiger partial charge on any atom is 0.196 e. The minimum absolute atomic E-state index is 0.618.